The van der Waals surface area contributed by atoms with Crippen LogP contribution in [0, 0.1) is 5.82 Å². The van der Waals surface area contributed by atoms with Gasteiger partial charge in [0.1, 0.15) is 5.82 Å². The van der Waals surface area contributed by atoms with Crippen molar-refractivity contribution in [1.82, 2.24) is 4.90 Å². The average molecular weight is 271 g/mol. The third-order valence-corrected chi connectivity index (χ3v) is 3.99. The number of rotatable bonds is 2. The van der Waals surface area contributed by atoms with Gasteiger partial charge in [-0.15, -0.1) is 0 Å². The van der Waals surface area contributed by atoms with E-state index in [2.05, 4.69) is 18.7 Å². The zero-order valence-electron chi connectivity index (χ0n) is 10.9. The predicted molar refractivity (Wildman–Crippen MR) is 73.2 cm³/mol. The predicted octanol–water partition coefficient (Wildman–Crippen LogP) is 3.35. The molecule has 2 rings (SSSR count). The Balaban J connectivity index is 2.37. The zero-order valence-corrected chi connectivity index (χ0v) is 11.6. The van der Waals surface area contributed by atoms with Crippen LogP contribution in [0.25, 0.3) is 0 Å². The van der Waals surface area contributed by atoms with E-state index in [-0.39, 0.29) is 17.9 Å². The zero-order chi connectivity index (χ0) is 13.3. The summed E-state index contributed by atoms with van der Waals surface area (Å²) in [4.78, 5) is 2.35. The van der Waals surface area contributed by atoms with Crippen LogP contribution in [0.1, 0.15) is 38.3 Å². The molecule has 2 N–H and O–H groups in total. The summed E-state index contributed by atoms with van der Waals surface area (Å²) in [6.07, 6.45) is 2.09. The second kappa shape index (κ2) is 5.55. The van der Waals surface area contributed by atoms with E-state index in [4.69, 9.17) is 17.3 Å². The highest BCUT2D eigenvalue weighted by molar-refractivity contribution is 6.31. The Morgan fingerprint density at radius 2 is 2.17 bits per heavy atom. The van der Waals surface area contributed by atoms with Gasteiger partial charge in [-0.25, -0.2) is 4.39 Å². The summed E-state index contributed by atoms with van der Waals surface area (Å²) >= 11 is 6.18. The summed E-state index contributed by atoms with van der Waals surface area (Å²) < 4.78 is 13.1. The van der Waals surface area contributed by atoms with Crippen molar-refractivity contribution in [2.24, 2.45) is 5.73 Å². The second-order valence-corrected chi connectivity index (χ2v) is 5.66. The molecule has 4 heteroatoms. The number of halogens is 2. The van der Waals surface area contributed by atoms with Gasteiger partial charge in [0.05, 0.1) is 6.04 Å². The summed E-state index contributed by atoms with van der Waals surface area (Å²) in [5.41, 5.74) is 7.20. The van der Waals surface area contributed by atoms with E-state index >= 15 is 0 Å². The van der Waals surface area contributed by atoms with Gasteiger partial charge >= 0.3 is 0 Å². The molecule has 0 spiro atoms. The fourth-order valence-electron chi connectivity index (χ4n) is 2.78. The molecule has 1 fully saturated rings. The molecule has 0 aromatic heterocycles. The van der Waals surface area contributed by atoms with E-state index in [9.17, 15) is 4.39 Å². The number of nitrogens with zero attached hydrogens (tertiary/aromatic N) is 1. The van der Waals surface area contributed by atoms with Gasteiger partial charge in [0.2, 0.25) is 0 Å². The molecule has 18 heavy (non-hydrogen) atoms. The number of benzene rings is 1. The Hall–Kier alpha value is -0.640. The van der Waals surface area contributed by atoms with Crippen LogP contribution in [0.2, 0.25) is 5.02 Å². The van der Waals surface area contributed by atoms with Gasteiger partial charge in [-0.3, -0.25) is 4.90 Å². The van der Waals surface area contributed by atoms with Gasteiger partial charge in [0, 0.05) is 17.1 Å². The Bertz CT molecular complexity index is 422. The minimum absolute atomic E-state index is 0.0594. The van der Waals surface area contributed by atoms with Gasteiger partial charge in [0.15, 0.2) is 0 Å². The van der Waals surface area contributed by atoms with Crippen molar-refractivity contribution in [2.75, 3.05) is 6.54 Å². The molecular formula is C14H20ClFN2. The molecule has 0 bridgehead atoms. The van der Waals surface area contributed by atoms with E-state index in [1.165, 1.54) is 12.1 Å². The maximum Gasteiger partial charge on any atom is 0.124 e. The van der Waals surface area contributed by atoms with Crippen LogP contribution >= 0.6 is 11.6 Å². The Morgan fingerprint density at radius 3 is 2.78 bits per heavy atom. The SMILES string of the molecule is CC(C)N1CCCC(N)C1c1ccc(F)cc1Cl. The lowest BCUT2D eigenvalue weighted by atomic mass is 9.90. The first kappa shape index (κ1) is 13.8. The van der Waals surface area contributed by atoms with Crippen LogP contribution in [0.5, 0.6) is 0 Å². The molecular weight excluding hydrogens is 251 g/mol. The number of hydrogen-bond donors (Lipinski definition) is 1. The average Bonchev–Trinajstić information content (AvgIpc) is 2.29. The van der Waals surface area contributed by atoms with E-state index in [0.717, 1.165) is 24.9 Å². The normalized spacial score (nSPS) is 25.7. The lowest BCUT2D eigenvalue weighted by Crippen LogP contribution is -2.48. The first-order valence-electron chi connectivity index (χ1n) is 6.47. The molecule has 2 atom stereocenters. The maximum atomic E-state index is 13.1. The van der Waals surface area contributed by atoms with Crippen molar-refractivity contribution in [2.45, 2.75) is 44.8 Å². The number of likely N-dealkylation sites (tertiary alicyclic amines) is 1. The third kappa shape index (κ3) is 2.68. The van der Waals surface area contributed by atoms with Gasteiger partial charge in [-0.05, 0) is 50.9 Å². The van der Waals surface area contributed by atoms with E-state index in [1.807, 2.05) is 0 Å². The van der Waals surface area contributed by atoms with Gasteiger partial charge in [0.25, 0.3) is 0 Å². The molecule has 1 saturated heterocycles. The topological polar surface area (TPSA) is 29.3 Å². The number of hydrogen-bond acceptors (Lipinski definition) is 2. The molecule has 2 nitrogen and oxygen atoms in total. The highest BCUT2D eigenvalue weighted by Gasteiger charge is 2.33. The smallest absolute Gasteiger partial charge is 0.124 e. The fraction of sp³-hybridized carbons (Fsp3) is 0.571. The van der Waals surface area contributed by atoms with Crippen molar-refractivity contribution >= 4 is 11.6 Å². The molecule has 1 aliphatic heterocycles. The van der Waals surface area contributed by atoms with E-state index in [1.54, 1.807) is 6.07 Å². The van der Waals surface area contributed by atoms with Crippen molar-refractivity contribution in [3.05, 3.63) is 34.6 Å². The van der Waals surface area contributed by atoms with Crippen molar-refractivity contribution in [1.29, 1.82) is 0 Å². The lowest BCUT2D eigenvalue weighted by Gasteiger charge is -2.42. The summed E-state index contributed by atoms with van der Waals surface area (Å²) in [6, 6.07) is 5.15. The van der Waals surface area contributed by atoms with Crippen molar-refractivity contribution in [3.63, 3.8) is 0 Å². The van der Waals surface area contributed by atoms with Crippen LogP contribution in [0.4, 0.5) is 4.39 Å². The minimum Gasteiger partial charge on any atom is -0.326 e. The standard InChI is InChI=1S/C14H20ClFN2/c1-9(2)18-7-3-4-13(17)14(18)11-6-5-10(16)8-12(11)15/h5-6,8-9,13-14H,3-4,7,17H2,1-2H3. The first-order chi connectivity index (χ1) is 8.50. The van der Waals surface area contributed by atoms with Gasteiger partial charge < -0.3 is 5.73 Å². The molecule has 2 unspecified atom stereocenters. The van der Waals surface area contributed by atoms with Crippen LogP contribution in [-0.4, -0.2) is 23.5 Å². The Kier molecular flexibility index (Phi) is 4.25. The monoisotopic (exact) mass is 270 g/mol. The fourth-order valence-corrected chi connectivity index (χ4v) is 3.06. The number of nitrogens with two attached hydrogens (primary N) is 1. The van der Waals surface area contributed by atoms with Crippen molar-refractivity contribution in [3.8, 4) is 0 Å². The highest BCUT2D eigenvalue weighted by atomic mass is 35.5. The molecule has 1 aromatic carbocycles. The molecule has 1 aliphatic rings. The summed E-state index contributed by atoms with van der Waals surface area (Å²) in [5.74, 6) is -0.302. The summed E-state index contributed by atoms with van der Waals surface area (Å²) in [6.45, 7) is 5.33. The summed E-state index contributed by atoms with van der Waals surface area (Å²) in [5, 5.41) is 0.475. The van der Waals surface area contributed by atoms with E-state index < -0.39 is 0 Å². The first-order valence-corrected chi connectivity index (χ1v) is 6.84. The second-order valence-electron chi connectivity index (χ2n) is 5.25. The maximum absolute atomic E-state index is 13.1. The van der Waals surface area contributed by atoms with E-state index in [0.29, 0.717) is 11.1 Å². The largest absolute Gasteiger partial charge is 0.326 e. The van der Waals surface area contributed by atoms with Crippen molar-refractivity contribution < 1.29 is 4.39 Å². The molecule has 0 radical (unpaired) electrons. The van der Waals surface area contributed by atoms with Gasteiger partial charge in [-0.2, -0.15) is 0 Å². The molecule has 1 aromatic rings. The molecule has 100 valence electrons. The molecule has 1 heterocycles. The third-order valence-electron chi connectivity index (χ3n) is 3.66. The summed E-state index contributed by atoms with van der Waals surface area (Å²) in [7, 11) is 0. The Morgan fingerprint density at radius 1 is 1.44 bits per heavy atom. The van der Waals surface area contributed by atoms with Crippen LogP contribution < -0.4 is 5.73 Å². The lowest BCUT2D eigenvalue weighted by molar-refractivity contribution is 0.0947. The number of piperidine rings is 1. The van der Waals surface area contributed by atoms with Crippen LogP contribution in [0.15, 0.2) is 18.2 Å². The Labute approximate surface area is 113 Å². The molecule has 0 amide bonds. The molecule has 0 saturated carbocycles. The highest BCUT2D eigenvalue weighted by Crippen LogP contribution is 2.35. The molecule has 0 aliphatic carbocycles. The van der Waals surface area contributed by atoms with Gasteiger partial charge in [-0.1, -0.05) is 17.7 Å². The quantitative estimate of drug-likeness (QED) is 0.893. The minimum atomic E-state index is -0.302. The van der Waals surface area contributed by atoms with Crippen LogP contribution in [0.3, 0.4) is 0 Å². The van der Waals surface area contributed by atoms with Crippen LogP contribution in [-0.2, 0) is 0 Å².